The number of hydrogen-bond acceptors (Lipinski definition) is 5. The standard InChI is InChI=1S/C21H28F4N6O2/c1-20(22,23)16-10-30(19(32)29-16)15(11-33-2)13-7-17-28-14(9-31(17)27-8-13)18(26)12-3-5-21(24,25)6-4-12/h7-9,12,15-16,18H,3-6,10-11,26H2,1-2H3,(H,29,32)/t15-,16+,18+/m1/s1. The molecule has 1 saturated carbocycles. The monoisotopic (exact) mass is 472 g/mol. The number of nitrogens with two attached hydrogens (primary N) is 1. The number of amides is 2. The number of fused-ring (bicyclic) bond motifs is 1. The van der Waals surface area contributed by atoms with Gasteiger partial charge in [0.05, 0.1) is 36.8 Å². The number of methoxy groups -OCH3 is 1. The molecule has 3 atom stereocenters. The van der Waals surface area contributed by atoms with Crippen molar-refractivity contribution in [1.29, 1.82) is 0 Å². The summed E-state index contributed by atoms with van der Waals surface area (Å²) in [5.74, 6) is -5.80. The fraction of sp³-hybridized carbons (Fsp3) is 0.667. The van der Waals surface area contributed by atoms with Crippen LogP contribution in [0.5, 0.6) is 0 Å². The highest BCUT2D eigenvalue weighted by Gasteiger charge is 2.45. The summed E-state index contributed by atoms with van der Waals surface area (Å²) in [7, 11) is 1.46. The molecule has 1 saturated heterocycles. The maximum absolute atomic E-state index is 13.8. The first kappa shape index (κ1) is 23.7. The fourth-order valence-electron chi connectivity index (χ4n) is 4.55. The highest BCUT2D eigenvalue weighted by atomic mass is 19.3. The zero-order valence-corrected chi connectivity index (χ0v) is 18.5. The van der Waals surface area contributed by atoms with Gasteiger partial charge in [-0.25, -0.2) is 31.9 Å². The average Bonchev–Trinajstić information content (AvgIpc) is 3.34. The molecule has 4 rings (SSSR count). The minimum Gasteiger partial charge on any atom is -0.382 e. The third-order valence-corrected chi connectivity index (χ3v) is 6.61. The van der Waals surface area contributed by atoms with Crippen molar-refractivity contribution < 1.29 is 27.1 Å². The number of carbonyl (C=O) groups excluding carboxylic acids is 1. The molecule has 3 N–H and O–H groups in total. The van der Waals surface area contributed by atoms with Crippen LogP contribution in [-0.4, -0.2) is 63.7 Å². The van der Waals surface area contributed by atoms with Gasteiger partial charge in [-0.05, 0) is 24.8 Å². The number of urea groups is 1. The molecular formula is C21H28F4N6O2. The SMILES string of the molecule is COC[C@H](c1cnn2cc([C@@H](N)C3CCC(F)(F)CC3)nc2c1)N1C[C@@H](C(C)(F)F)NC1=O. The summed E-state index contributed by atoms with van der Waals surface area (Å²) in [5, 5.41) is 6.66. The molecule has 2 fully saturated rings. The quantitative estimate of drug-likeness (QED) is 0.603. The molecule has 2 aliphatic rings. The first-order valence-corrected chi connectivity index (χ1v) is 10.9. The van der Waals surface area contributed by atoms with Gasteiger partial charge in [0.2, 0.25) is 5.92 Å². The summed E-state index contributed by atoms with van der Waals surface area (Å²) >= 11 is 0. The van der Waals surface area contributed by atoms with E-state index in [4.69, 9.17) is 10.5 Å². The van der Waals surface area contributed by atoms with E-state index in [-0.39, 0.29) is 31.9 Å². The largest absolute Gasteiger partial charge is 0.382 e. The summed E-state index contributed by atoms with van der Waals surface area (Å²) < 4.78 is 61.2. The van der Waals surface area contributed by atoms with E-state index in [9.17, 15) is 22.4 Å². The van der Waals surface area contributed by atoms with Crippen molar-refractivity contribution in [2.24, 2.45) is 11.7 Å². The van der Waals surface area contributed by atoms with Gasteiger partial charge in [-0.15, -0.1) is 0 Å². The molecule has 0 unspecified atom stereocenters. The number of alkyl halides is 4. The lowest BCUT2D eigenvalue weighted by atomic mass is 9.81. The Labute approximate surface area is 188 Å². The first-order valence-electron chi connectivity index (χ1n) is 10.9. The minimum absolute atomic E-state index is 0.0800. The van der Waals surface area contributed by atoms with Gasteiger partial charge in [0.25, 0.3) is 5.92 Å². The molecule has 182 valence electrons. The summed E-state index contributed by atoms with van der Waals surface area (Å²) in [4.78, 5) is 18.3. The maximum Gasteiger partial charge on any atom is 0.318 e. The molecule has 0 radical (unpaired) electrons. The molecule has 0 bridgehead atoms. The third kappa shape index (κ3) is 4.91. The van der Waals surface area contributed by atoms with Gasteiger partial charge in [0.15, 0.2) is 5.65 Å². The second-order valence-electron chi connectivity index (χ2n) is 9.06. The highest BCUT2D eigenvalue weighted by molar-refractivity contribution is 5.77. The van der Waals surface area contributed by atoms with Gasteiger partial charge < -0.3 is 20.7 Å². The van der Waals surface area contributed by atoms with Crippen molar-refractivity contribution >= 4 is 11.7 Å². The molecule has 12 heteroatoms. The predicted octanol–water partition coefficient (Wildman–Crippen LogP) is 3.29. The lowest BCUT2D eigenvalue weighted by Crippen LogP contribution is -2.41. The molecular weight excluding hydrogens is 444 g/mol. The maximum atomic E-state index is 13.8. The summed E-state index contributed by atoms with van der Waals surface area (Å²) in [5.41, 5.74) is 7.91. The number of hydrogen-bond donors (Lipinski definition) is 2. The van der Waals surface area contributed by atoms with E-state index in [1.807, 2.05) is 0 Å². The number of rotatable bonds is 7. The van der Waals surface area contributed by atoms with E-state index in [0.717, 1.165) is 6.92 Å². The number of carbonyl (C=O) groups is 1. The van der Waals surface area contributed by atoms with E-state index in [2.05, 4.69) is 15.4 Å². The van der Waals surface area contributed by atoms with Crippen LogP contribution in [0.3, 0.4) is 0 Å². The number of ether oxygens (including phenoxy) is 1. The predicted molar refractivity (Wildman–Crippen MR) is 111 cm³/mol. The number of halogens is 4. The normalized spacial score (nSPS) is 23.7. The molecule has 2 aromatic heterocycles. The average molecular weight is 472 g/mol. The van der Waals surface area contributed by atoms with Gasteiger partial charge >= 0.3 is 6.03 Å². The Morgan fingerprint density at radius 2 is 2.06 bits per heavy atom. The van der Waals surface area contributed by atoms with Crippen molar-refractivity contribution in [3.8, 4) is 0 Å². The van der Waals surface area contributed by atoms with Crippen LogP contribution < -0.4 is 11.1 Å². The van der Waals surface area contributed by atoms with E-state index in [1.165, 1.54) is 22.7 Å². The van der Waals surface area contributed by atoms with Crippen molar-refractivity contribution in [1.82, 2.24) is 24.8 Å². The lowest BCUT2D eigenvalue weighted by molar-refractivity contribution is -0.0484. The summed E-state index contributed by atoms with van der Waals surface area (Å²) in [6.07, 6.45) is 3.47. The Hall–Kier alpha value is -2.47. The summed E-state index contributed by atoms with van der Waals surface area (Å²) in [6, 6.07) is -1.36. The van der Waals surface area contributed by atoms with Crippen LogP contribution >= 0.6 is 0 Å². The molecule has 1 aliphatic carbocycles. The zero-order valence-electron chi connectivity index (χ0n) is 18.5. The Balaban J connectivity index is 1.56. The van der Waals surface area contributed by atoms with Gasteiger partial charge in [0.1, 0.15) is 6.04 Å². The topological polar surface area (TPSA) is 97.8 Å². The van der Waals surface area contributed by atoms with Crippen molar-refractivity contribution in [3.63, 3.8) is 0 Å². The molecule has 2 amide bonds. The van der Waals surface area contributed by atoms with Crippen LogP contribution in [0, 0.1) is 5.92 Å². The second-order valence-corrected chi connectivity index (χ2v) is 9.06. The summed E-state index contributed by atoms with van der Waals surface area (Å²) in [6.45, 7) is 0.665. The smallest absolute Gasteiger partial charge is 0.318 e. The third-order valence-electron chi connectivity index (χ3n) is 6.61. The Bertz CT molecular complexity index is 1000. The Kier molecular flexibility index (Phi) is 6.25. The molecule has 0 spiro atoms. The highest BCUT2D eigenvalue weighted by Crippen LogP contribution is 2.40. The van der Waals surface area contributed by atoms with Crippen molar-refractivity contribution in [2.45, 2.75) is 62.6 Å². The minimum atomic E-state index is -3.07. The van der Waals surface area contributed by atoms with Gasteiger partial charge in [0, 0.05) is 39.0 Å². The molecule has 2 aromatic rings. The number of nitrogens with zero attached hydrogens (tertiary/aromatic N) is 4. The van der Waals surface area contributed by atoms with E-state index in [0.29, 0.717) is 29.7 Å². The lowest BCUT2D eigenvalue weighted by Gasteiger charge is -2.31. The van der Waals surface area contributed by atoms with Gasteiger partial charge in [-0.2, -0.15) is 5.10 Å². The molecule has 8 nitrogen and oxygen atoms in total. The van der Waals surface area contributed by atoms with Crippen molar-refractivity contribution in [3.05, 3.63) is 29.7 Å². The Morgan fingerprint density at radius 1 is 1.36 bits per heavy atom. The number of imidazole rings is 1. The Morgan fingerprint density at radius 3 is 2.67 bits per heavy atom. The first-order chi connectivity index (χ1) is 15.5. The van der Waals surface area contributed by atoms with Gasteiger partial charge in [-0.3, -0.25) is 0 Å². The van der Waals surface area contributed by atoms with E-state index < -0.39 is 36.0 Å². The van der Waals surface area contributed by atoms with Crippen LogP contribution in [0.2, 0.25) is 0 Å². The number of aromatic nitrogens is 3. The molecule has 33 heavy (non-hydrogen) atoms. The van der Waals surface area contributed by atoms with Crippen LogP contribution in [0.4, 0.5) is 22.4 Å². The fourth-order valence-corrected chi connectivity index (χ4v) is 4.55. The van der Waals surface area contributed by atoms with Crippen LogP contribution in [0.1, 0.15) is 55.9 Å². The second kappa shape index (κ2) is 8.71. The molecule has 0 aromatic carbocycles. The molecule has 1 aliphatic heterocycles. The van der Waals surface area contributed by atoms with E-state index >= 15 is 0 Å². The zero-order chi connectivity index (χ0) is 24.0. The molecule has 3 heterocycles. The number of nitrogens with one attached hydrogen (secondary N) is 1. The van der Waals surface area contributed by atoms with Gasteiger partial charge in [-0.1, -0.05) is 0 Å². The van der Waals surface area contributed by atoms with Crippen LogP contribution in [0.15, 0.2) is 18.5 Å². The van der Waals surface area contributed by atoms with E-state index in [1.54, 1.807) is 12.3 Å². The van der Waals surface area contributed by atoms with Crippen LogP contribution in [0.25, 0.3) is 5.65 Å². The van der Waals surface area contributed by atoms with Crippen LogP contribution in [-0.2, 0) is 4.74 Å². The van der Waals surface area contributed by atoms with Crippen molar-refractivity contribution in [2.75, 3.05) is 20.3 Å².